The van der Waals surface area contributed by atoms with Crippen LogP contribution in [-0.2, 0) is 11.2 Å². The second-order valence-corrected chi connectivity index (χ2v) is 13.8. The molecule has 2 fully saturated rings. The number of hydrogen-bond donors (Lipinski definition) is 2. The molecule has 0 unspecified atom stereocenters. The van der Waals surface area contributed by atoms with Gasteiger partial charge in [0.1, 0.15) is 12.1 Å². The number of anilines is 5. The number of rotatable bonds is 10. The first kappa shape index (κ1) is 30.9. The first-order valence-corrected chi connectivity index (χ1v) is 17.7. The smallest absolute Gasteiger partial charge is 0.232 e. The fourth-order valence-corrected chi connectivity index (χ4v) is 7.58. The standard InChI is InChI=1S/C32H41N10O2P/c1-5-22-18-26(28(44-2)19-27(22)42-12-8-23(9-13-42)41-16-14-40(21-43)15-17-41)38-32-36-20-35-31(39-32)37-25-7-6-24-29(30(25)45(3)4)34-11-10-33-24/h6-7,10-11,18-21,23H,5,8-9,12-17H2,1-4H3,(H2,35,36,37,38,39). The van der Waals surface area contributed by atoms with Crippen LogP contribution in [0.4, 0.5) is 29.0 Å². The Morgan fingerprint density at radius 1 is 0.933 bits per heavy atom. The molecule has 0 saturated carbocycles. The third-order valence-corrected chi connectivity index (χ3v) is 10.1. The van der Waals surface area contributed by atoms with Crippen molar-refractivity contribution >= 4 is 59.6 Å². The minimum absolute atomic E-state index is 0.425. The van der Waals surface area contributed by atoms with Gasteiger partial charge in [0.15, 0.2) is 0 Å². The lowest BCUT2D eigenvalue weighted by Gasteiger charge is -2.43. The van der Waals surface area contributed by atoms with Crippen LogP contribution in [-0.4, -0.2) is 107 Å². The molecule has 0 bridgehead atoms. The Labute approximate surface area is 265 Å². The van der Waals surface area contributed by atoms with Crippen LogP contribution in [0.1, 0.15) is 25.3 Å². The van der Waals surface area contributed by atoms with Gasteiger partial charge < -0.3 is 25.2 Å². The van der Waals surface area contributed by atoms with E-state index in [9.17, 15) is 4.79 Å². The van der Waals surface area contributed by atoms with E-state index in [1.807, 2.05) is 17.0 Å². The number of aryl methyl sites for hydroxylation is 1. The maximum Gasteiger partial charge on any atom is 0.232 e. The molecule has 0 aliphatic carbocycles. The average Bonchev–Trinajstić information content (AvgIpc) is 3.08. The van der Waals surface area contributed by atoms with E-state index in [4.69, 9.17) is 4.74 Å². The maximum atomic E-state index is 11.1. The lowest BCUT2D eigenvalue weighted by atomic mass is 9.99. The van der Waals surface area contributed by atoms with Gasteiger partial charge in [-0.2, -0.15) is 4.98 Å². The van der Waals surface area contributed by atoms with Crippen molar-refractivity contribution in [2.75, 3.05) is 75.2 Å². The summed E-state index contributed by atoms with van der Waals surface area (Å²) in [5.41, 5.74) is 5.94. The summed E-state index contributed by atoms with van der Waals surface area (Å²) in [5.74, 6) is 1.60. The second kappa shape index (κ2) is 13.9. The average molecular weight is 629 g/mol. The number of hydrogen-bond acceptors (Lipinski definition) is 11. The zero-order valence-electron chi connectivity index (χ0n) is 26.4. The molecule has 2 saturated heterocycles. The summed E-state index contributed by atoms with van der Waals surface area (Å²) in [6, 6.07) is 8.83. The first-order valence-electron chi connectivity index (χ1n) is 15.5. The van der Waals surface area contributed by atoms with Crippen molar-refractivity contribution in [2.24, 2.45) is 0 Å². The molecule has 2 aliphatic rings. The van der Waals surface area contributed by atoms with Gasteiger partial charge in [0.2, 0.25) is 18.3 Å². The quantitative estimate of drug-likeness (QED) is 0.196. The lowest BCUT2D eigenvalue weighted by Crippen LogP contribution is -2.53. The fraction of sp³-hybridized carbons (Fsp3) is 0.438. The number of nitrogens with one attached hydrogen (secondary N) is 2. The monoisotopic (exact) mass is 628 g/mol. The van der Waals surface area contributed by atoms with Gasteiger partial charge >= 0.3 is 0 Å². The molecule has 0 radical (unpaired) electrons. The largest absolute Gasteiger partial charge is 0.494 e. The predicted octanol–water partition coefficient (Wildman–Crippen LogP) is 3.98. The van der Waals surface area contributed by atoms with Crippen molar-refractivity contribution < 1.29 is 9.53 Å². The van der Waals surface area contributed by atoms with E-state index in [1.54, 1.807) is 19.5 Å². The first-order chi connectivity index (χ1) is 22.0. The highest BCUT2D eigenvalue weighted by Gasteiger charge is 2.28. The summed E-state index contributed by atoms with van der Waals surface area (Å²) in [6.07, 6.45) is 9.02. The third kappa shape index (κ3) is 6.77. The molecule has 12 nitrogen and oxygen atoms in total. The van der Waals surface area contributed by atoms with E-state index in [0.717, 1.165) is 98.4 Å². The Kier molecular flexibility index (Phi) is 9.51. The van der Waals surface area contributed by atoms with Crippen molar-refractivity contribution in [3.63, 3.8) is 0 Å². The van der Waals surface area contributed by atoms with E-state index in [1.165, 1.54) is 17.6 Å². The summed E-state index contributed by atoms with van der Waals surface area (Å²) in [5, 5.41) is 7.90. The highest BCUT2D eigenvalue weighted by molar-refractivity contribution is 7.65. The van der Waals surface area contributed by atoms with Crippen molar-refractivity contribution in [1.29, 1.82) is 0 Å². The molecule has 4 heterocycles. The summed E-state index contributed by atoms with van der Waals surface area (Å²) in [4.78, 5) is 40.6. The van der Waals surface area contributed by atoms with Crippen LogP contribution >= 0.6 is 7.92 Å². The number of benzene rings is 2. The minimum Gasteiger partial charge on any atom is -0.494 e. The van der Waals surface area contributed by atoms with Crippen LogP contribution in [0.25, 0.3) is 11.0 Å². The molecule has 1 amide bonds. The highest BCUT2D eigenvalue weighted by Crippen LogP contribution is 2.37. The van der Waals surface area contributed by atoms with E-state index < -0.39 is 7.92 Å². The number of carbonyl (C=O) groups excluding carboxylic acids is 1. The van der Waals surface area contributed by atoms with Crippen LogP contribution in [0, 0.1) is 0 Å². The molecular formula is C32H41N10O2P. The number of aromatic nitrogens is 5. The SMILES string of the molecule is CCc1cc(Nc2ncnc(Nc3ccc4nccnc4c3P(C)C)n2)c(OC)cc1N1CCC(N2CCN(C=O)CC2)CC1. The van der Waals surface area contributed by atoms with E-state index in [2.05, 4.69) is 77.7 Å². The molecule has 6 rings (SSSR count). The Balaban J connectivity index is 1.17. The minimum atomic E-state index is -0.478. The van der Waals surface area contributed by atoms with Crippen molar-refractivity contribution in [3.8, 4) is 5.75 Å². The van der Waals surface area contributed by atoms with Crippen LogP contribution in [0.5, 0.6) is 5.75 Å². The Hall–Kier alpha value is -4.15. The molecule has 2 N–H and O–H groups in total. The van der Waals surface area contributed by atoms with Gasteiger partial charge in [0.05, 0.1) is 29.5 Å². The zero-order chi connectivity index (χ0) is 31.3. The number of carbonyl (C=O) groups is 1. The van der Waals surface area contributed by atoms with Gasteiger partial charge in [0, 0.05) is 74.8 Å². The molecule has 2 aromatic carbocycles. The molecule has 236 valence electrons. The Morgan fingerprint density at radius 2 is 1.64 bits per heavy atom. The molecular weight excluding hydrogens is 587 g/mol. The molecule has 2 aliphatic heterocycles. The van der Waals surface area contributed by atoms with E-state index in [-0.39, 0.29) is 0 Å². The summed E-state index contributed by atoms with van der Waals surface area (Å²) >= 11 is 0. The van der Waals surface area contributed by atoms with Gasteiger partial charge in [0.25, 0.3) is 0 Å². The number of fused-ring (bicyclic) bond motifs is 1. The Morgan fingerprint density at radius 3 is 2.31 bits per heavy atom. The number of piperazine rings is 1. The van der Waals surface area contributed by atoms with Crippen LogP contribution < -0.4 is 25.6 Å². The topological polar surface area (TPSA) is 125 Å². The van der Waals surface area contributed by atoms with Gasteiger partial charge in [-0.25, -0.2) is 9.97 Å². The van der Waals surface area contributed by atoms with Gasteiger partial charge in [-0.3, -0.25) is 19.7 Å². The van der Waals surface area contributed by atoms with Crippen LogP contribution in [0.3, 0.4) is 0 Å². The van der Waals surface area contributed by atoms with Crippen molar-refractivity contribution in [2.45, 2.75) is 32.2 Å². The number of methoxy groups -OCH3 is 1. The van der Waals surface area contributed by atoms with E-state index >= 15 is 0 Å². The molecule has 13 heteroatoms. The zero-order valence-corrected chi connectivity index (χ0v) is 27.3. The highest BCUT2D eigenvalue weighted by atomic mass is 31.1. The van der Waals surface area contributed by atoms with E-state index in [0.29, 0.717) is 17.9 Å². The molecule has 0 spiro atoms. The fourth-order valence-electron chi connectivity index (χ4n) is 6.37. The van der Waals surface area contributed by atoms with Gasteiger partial charge in [-0.15, -0.1) is 0 Å². The second-order valence-electron chi connectivity index (χ2n) is 11.6. The maximum absolute atomic E-state index is 11.1. The number of ether oxygens (including phenoxy) is 1. The third-order valence-electron chi connectivity index (χ3n) is 8.73. The summed E-state index contributed by atoms with van der Waals surface area (Å²) < 4.78 is 5.87. The molecule has 45 heavy (non-hydrogen) atoms. The predicted molar refractivity (Wildman–Crippen MR) is 181 cm³/mol. The van der Waals surface area contributed by atoms with Crippen molar-refractivity contribution in [3.05, 3.63) is 48.5 Å². The Bertz CT molecular complexity index is 1640. The number of amides is 1. The van der Waals surface area contributed by atoms with Crippen LogP contribution in [0.15, 0.2) is 43.0 Å². The molecule has 2 aromatic heterocycles. The number of piperidine rings is 1. The van der Waals surface area contributed by atoms with Crippen molar-refractivity contribution in [1.82, 2.24) is 34.7 Å². The van der Waals surface area contributed by atoms with Gasteiger partial charge in [-0.05, 0) is 56.4 Å². The molecule has 0 atom stereocenters. The summed E-state index contributed by atoms with van der Waals surface area (Å²) in [6.45, 7) is 12.1. The van der Waals surface area contributed by atoms with Gasteiger partial charge in [-0.1, -0.05) is 14.8 Å². The van der Waals surface area contributed by atoms with Crippen LogP contribution in [0.2, 0.25) is 0 Å². The molecule has 4 aromatic rings. The normalized spacial score (nSPS) is 16.3. The lowest BCUT2D eigenvalue weighted by molar-refractivity contribution is -0.120. The number of nitrogens with zero attached hydrogens (tertiary/aromatic N) is 8. The summed E-state index contributed by atoms with van der Waals surface area (Å²) in [7, 11) is 1.22.